The van der Waals surface area contributed by atoms with Gasteiger partial charge in [0.05, 0.1) is 5.60 Å². The molecule has 3 rings (SSSR count). The Kier molecular flexibility index (Phi) is 4.06. The number of ether oxygens (including phenoxy) is 1. The topological polar surface area (TPSA) is 38.3 Å². The summed E-state index contributed by atoms with van der Waals surface area (Å²) in [5.41, 5.74) is 0.216. The normalized spacial score (nSPS) is 40.1. The smallest absolute Gasteiger partial charge is 0.0697 e. The Morgan fingerprint density at radius 2 is 1.78 bits per heavy atom. The number of nitrogens with one attached hydrogen (secondary N) is 1. The first-order valence-electron chi connectivity index (χ1n) is 7.51. The summed E-state index contributed by atoms with van der Waals surface area (Å²) in [6.07, 6.45) is 9.76. The van der Waals surface area contributed by atoms with Gasteiger partial charge in [-0.2, -0.15) is 0 Å². The summed E-state index contributed by atoms with van der Waals surface area (Å²) >= 11 is 0. The Morgan fingerprint density at radius 3 is 2.50 bits per heavy atom. The molecular weight excluding hydrogens is 246 g/mol. The largest absolute Gasteiger partial charge is 0.375 e. The van der Waals surface area contributed by atoms with E-state index in [1.54, 1.807) is 0 Å². The van der Waals surface area contributed by atoms with Crippen molar-refractivity contribution in [3.63, 3.8) is 0 Å². The zero-order chi connectivity index (χ0) is 12.4. The van der Waals surface area contributed by atoms with Gasteiger partial charge in [0.2, 0.25) is 0 Å². The van der Waals surface area contributed by atoms with Crippen molar-refractivity contribution in [2.24, 2.45) is 0 Å². The Hall–Kier alpha value is 0.0700. The van der Waals surface area contributed by atoms with E-state index < -0.39 is 10.8 Å². The van der Waals surface area contributed by atoms with Gasteiger partial charge in [0, 0.05) is 41.0 Å². The molecule has 18 heavy (non-hydrogen) atoms. The molecule has 0 aromatic rings. The summed E-state index contributed by atoms with van der Waals surface area (Å²) in [5.74, 6) is 1.79. The molecule has 0 radical (unpaired) electrons. The van der Waals surface area contributed by atoms with Crippen LogP contribution in [0.25, 0.3) is 0 Å². The molecule has 2 aliphatic heterocycles. The molecule has 1 atom stereocenters. The van der Waals surface area contributed by atoms with Crippen molar-refractivity contribution < 1.29 is 8.95 Å². The first-order valence-corrected chi connectivity index (χ1v) is 9.00. The lowest BCUT2D eigenvalue weighted by molar-refractivity contribution is -0.0848. The van der Waals surface area contributed by atoms with Gasteiger partial charge in [0.25, 0.3) is 0 Å². The fourth-order valence-electron chi connectivity index (χ4n) is 3.83. The van der Waals surface area contributed by atoms with Gasteiger partial charge in [0.15, 0.2) is 0 Å². The maximum absolute atomic E-state index is 11.4. The SMILES string of the molecule is O=S1CCC(NC2CCOC3(CCCC3)C2)CC1. The third kappa shape index (κ3) is 2.97. The molecule has 2 heterocycles. The summed E-state index contributed by atoms with van der Waals surface area (Å²) in [6, 6.07) is 1.23. The molecule has 0 aromatic carbocycles. The van der Waals surface area contributed by atoms with E-state index in [2.05, 4.69) is 5.32 Å². The van der Waals surface area contributed by atoms with E-state index in [1.807, 2.05) is 0 Å². The predicted molar refractivity (Wildman–Crippen MR) is 74.2 cm³/mol. The molecule has 1 saturated carbocycles. The average molecular weight is 271 g/mol. The van der Waals surface area contributed by atoms with Gasteiger partial charge in [-0.05, 0) is 38.5 Å². The standard InChI is InChI=1S/C14H25NO2S/c16-18-9-4-12(5-10-18)15-13-3-8-17-14(11-13)6-1-2-7-14/h12-13,15H,1-11H2. The van der Waals surface area contributed by atoms with Crippen LogP contribution in [0, 0.1) is 0 Å². The Morgan fingerprint density at radius 1 is 1.06 bits per heavy atom. The Bertz CT molecular complexity index is 305. The van der Waals surface area contributed by atoms with Gasteiger partial charge < -0.3 is 10.1 Å². The maximum atomic E-state index is 11.4. The molecule has 1 unspecified atom stereocenters. The lowest BCUT2D eigenvalue weighted by Gasteiger charge is -2.40. The third-order valence-electron chi connectivity index (χ3n) is 4.87. The number of rotatable bonds is 2. The summed E-state index contributed by atoms with van der Waals surface area (Å²) < 4.78 is 17.4. The van der Waals surface area contributed by atoms with E-state index in [0.29, 0.717) is 12.1 Å². The molecule has 104 valence electrons. The van der Waals surface area contributed by atoms with Crippen LogP contribution in [0.5, 0.6) is 0 Å². The van der Waals surface area contributed by atoms with Gasteiger partial charge in [-0.15, -0.1) is 0 Å². The van der Waals surface area contributed by atoms with E-state index in [9.17, 15) is 4.21 Å². The molecule has 0 aromatic heterocycles. The van der Waals surface area contributed by atoms with Crippen LogP contribution in [0.1, 0.15) is 51.4 Å². The van der Waals surface area contributed by atoms with E-state index in [-0.39, 0.29) is 5.60 Å². The van der Waals surface area contributed by atoms with E-state index in [4.69, 9.17) is 4.74 Å². The van der Waals surface area contributed by atoms with Crippen LogP contribution in [-0.2, 0) is 15.5 Å². The Balaban J connectivity index is 1.51. The highest BCUT2D eigenvalue weighted by atomic mass is 32.2. The zero-order valence-electron chi connectivity index (χ0n) is 11.2. The molecule has 1 N–H and O–H groups in total. The molecule has 4 heteroatoms. The summed E-state index contributed by atoms with van der Waals surface area (Å²) in [5, 5.41) is 3.82. The molecular formula is C14H25NO2S. The molecule has 1 spiro atoms. The molecule has 3 aliphatic rings. The number of hydrogen-bond donors (Lipinski definition) is 1. The summed E-state index contributed by atoms with van der Waals surface area (Å²) in [7, 11) is -0.541. The van der Waals surface area contributed by atoms with Crippen LogP contribution < -0.4 is 5.32 Å². The molecule has 1 aliphatic carbocycles. The van der Waals surface area contributed by atoms with Crippen molar-refractivity contribution in [1.29, 1.82) is 0 Å². The summed E-state index contributed by atoms with van der Waals surface area (Å²) in [4.78, 5) is 0. The fourth-order valence-corrected chi connectivity index (χ4v) is 5.13. The van der Waals surface area contributed by atoms with Crippen LogP contribution >= 0.6 is 0 Å². The second kappa shape index (κ2) is 5.59. The maximum Gasteiger partial charge on any atom is 0.0697 e. The Labute approximate surface area is 113 Å². The molecule has 3 nitrogen and oxygen atoms in total. The zero-order valence-corrected chi connectivity index (χ0v) is 12.0. The monoisotopic (exact) mass is 271 g/mol. The molecule has 2 saturated heterocycles. The van der Waals surface area contributed by atoms with Crippen molar-refractivity contribution in [2.45, 2.75) is 69.1 Å². The van der Waals surface area contributed by atoms with Crippen LogP contribution in [-0.4, -0.2) is 40.0 Å². The van der Waals surface area contributed by atoms with Gasteiger partial charge in [-0.3, -0.25) is 4.21 Å². The lowest BCUT2D eigenvalue weighted by Crippen LogP contribution is -2.50. The van der Waals surface area contributed by atoms with Crippen LogP contribution in [0.3, 0.4) is 0 Å². The minimum Gasteiger partial charge on any atom is -0.375 e. The van der Waals surface area contributed by atoms with Crippen molar-refractivity contribution in [3.05, 3.63) is 0 Å². The second-order valence-electron chi connectivity index (χ2n) is 6.22. The quantitative estimate of drug-likeness (QED) is 0.834. The fraction of sp³-hybridized carbons (Fsp3) is 1.00. The molecule has 3 fully saturated rings. The molecule has 0 bridgehead atoms. The van der Waals surface area contributed by atoms with E-state index in [1.165, 1.54) is 32.1 Å². The van der Waals surface area contributed by atoms with Gasteiger partial charge in [-0.25, -0.2) is 0 Å². The van der Waals surface area contributed by atoms with Crippen LogP contribution in [0.2, 0.25) is 0 Å². The predicted octanol–water partition coefficient (Wildman–Crippen LogP) is 1.98. The molecule has 0 amide bonds. The second-order valence-corrected chi connectivity index (χ2v) is 7.91. The van der Waals surface area contributed by atoms with Crippen molar-refractivity contribution in [2.75, 3.05) is 18.1 Å². The van der Waals surface area contributed by atoms with E-state index in [0.717, 1.165) is 37.4 Å². The van der Waals surface area contributed by atoms with Crippen LogP contribution in [0.15, 0.2) is 0 Å². The van der Waals surface area contributed by atoms with Crippen molar-refractivity contribution in [1.82, 2.24) is 5.32 Å². The average Bonchev–Trinajstić information content (AvgIpc) is 2.80. The third-order valence-corrected chi connectivity index (χ3v) is 6.25. The van der Waals surface area contributed by atoms with Gasteiger partial charge >= 0.3 is 0 Å². The summed E-state index contributed by atoms with van der Waals surface area (Å²) in [6.45, 7) is 0.927. The van der Waals surface area contributed by atoms with E-state index >= 15 is 0 Å². The first-order chi connectivity index (χ1) is 8.76. The minimum absolute atomic E-state index is 0.216. The minimum atomic E-state index is -0.541. The van der Waals surface area contributed by atoms with Crippen molar-refractivity contribution >= 4 is 10.8 Å². The first kappa shape index (κ1) is 13.1. The van der Waals surface area contributed by atoms with Crippen LogP contribution in [0.4, 0.5) is 0 Å². The highest BCUT2D eigenvalue weighted by molar-refractivity contribution is 7.85. The van der Waals surface area contributed by atoms with Gasteiger partial charge in [-0.1, -0.05) is 12.8 Å². The van der Waals surface area contributed by atoms with Gasteiger partial charge in [0.1, 0.15) is 0 Å². The lowest BCUT2D eigenvalue weighted by atomic mass is 9.88. The number of hydrogen-bond acceptors (Lipinski definition) is 3. The highest BCUT2D eigenvalue weighted by Gasteiger charge is 2.40. The highest BCUT2D eigenvalue weighted by Crippen LogP contribution is 2.40. The van der Waals surface area contributed by atoms with Crippen molar-refractivity contribution in [3.8, 4) is 0 Å².